The number of allylic oxidation sites excluding steroid dienone is 3. The second-order valence-electron chi connectivity index (χ2n) is 4.11. The van der Waals surface area contributed by atoms with Crippen LogP contribution >= 0.6 is 0 Å². The summed E-state index contributed by atoms with van der Waals surface area (Å²) in [6, 6.07) is 10.5. The summed E-state index contributed by atoms with van der Waals surface area (Å²) in [5.74, 6) is 0. The first-order chi connectivity index (χ1) is 7.79. The van der Waals surface area contributed by atoms with Gasteiger partial charge in [-0.1, -0.05) is 69.7 Å². The Morgan fingerprint density at radius 1 is 1.12 bits per heavy atom. The Kier molecular flexibility index (Phi) is 5.63. The lowest BCUT2D eigenvalue weighted by atomic mass is 9.95. The van der Waals surface area contributed by atoms with Gasteiger partial charge in [0.15, 0.2) is 0 Å². The third kappa shape index (κ3) is 3.69. The molecule has 0 saturated heterocycles. The minimum atomic E-state index is 1.13. The van der Waals surface area contributed by atoms with Crippen molar-refractivity contribution in [2.45, 2.75) is 39.5 Å². The highest BCUT2D eigenvalue weighted by atomic mass is 14.1. The molecule has 0 aliphatic heterocycles. The second kappa shape index (κ2) is 7.05. The van der Waals surface area contributed by atoms with E-state index in [1.54, 1.807) is 0 Å². The van der Waals surface area contributed by atoms with Gasteiger partial charge in [-0.25, -0.2) is 0 Å². The minimum Gasteiger partial charge on any atom is -0.0909 e. The molecular formula is C16H22. The van der Waals surface area contributed by atoms with Gasteiger partial charge < -0.3 is 0 Å². The first-order valence-corrected chi connectivity index (χ1v) is 6.23. The second-order valence-corrected chi connectivity index (χ2v) is 4.11. The Hall–Kier alpha value is -1.30. The molecule has 0 bridgehead atoms. The van der Waals surface area contributed by atoms with Gasteiger partial charge in [0.25, 0.3) is 0 Å². The first kappa shape index (κ1) is 12.8. The molecule has 86 valence electrons. The van der Waals surface area contributed by atoms with E-state index in [0.29, 0.717) is 0 Å². The van der Waals surface area contributed by atoms with Crippen LogP contribution < -0.4 is 0 Å². The minimum absolute atomic E-state index is 1.13. The number of unbranched alkanes of at least 4 members (excludes halogenated alkanes) is 1. The van der Waals surface area contributed by atoms with Gasteiger partial charge in [0.2, 0.25) is 0 Å². The topological polar surface area (TPSA) is 0 Å². The van der Waals surface area contributed by atoms with E-state index in [1.807, 2.05) is 6.07 Å². The van der Waals surface area contributed by atoms with Crippen LogP contribution in [0.5, 0.6) is 0 Å². The molecule has 0 unspecified atom stereocenters. The van der Waals surface area contributed by atoms with Crippen LogP contribution in [0.1, 0.15) is 45.1 Å². The van der Waals surface area contributed by atoms with Gasteiger partial charge in [-0.05, 0) is 29.6 Å². The van der Waals surface area contributed by atoms with Gasteiger partial charge >= 0.3 is 0 Å². The summed E-state index contributed by atoms with van der Waals surface area (Å²) in [7, 11) is 0. The SMILES string of the molecule is C=C(/C(=C/CCC)CCC)c1ccccc1. The number of rotatable bonds is 6. The molecule has 0 aliphatic rings. The maximum Gasteiger partial charge on any atom is -0.0187 e. The Labute approximate surface area is 99.7 Å². The fourth-order valence-electron chi connectivity index (χ4n) is 1.79. The zero-order valence-corrected chi connectivity index (χ0v) is 10.5. The maximum absolute atomic E-state index is 4.23. The molecule has 0 aromatic heterocycles. The molecular weight excluding hydrogens is 192 g/mol. The van der Waals surface area contributed by atoms with Crippen molar-refractivity contribution in [3.8, 4) is 0 Å². The normalized spacial score (nSPS) is 11.5. The molecule has 0 heteroatoms. The smallest absolute Gasteiger partial charge is 0.0187 e. The third-order valence-electron chi connectivity index (χ3n) is 2.71. The van der Waals surface area contributed by atoms with Crippen molar-refractivity contribution in [1.82, 2.24) is 0 Å². The van der Waals surface area contributed by atoms with E-state index in [9.17, 15) is 0 Å². The van der Waals surface area contributed by atoms with Crippen molar-refractivity contribution in [3.63, 3.8) is 0 Å². The molecule has 0 radical (unpaired) electrons. The molecule has 0 saturated carbocycles. The maximum atomic E-state index is 4.23. The van der Waals surface area contributed by atoms with Crippen LogP contribution in [0, 0.1) is 0 Å². The van der Waals surface area contributed by atoms with E-state index in [2.05, 4.69) is 50.8 Å². The summed E-state index contributed by atoms with van der Waals surface area (Å²) in [4.78, 5) is 0. The van der Waals surface area contributed by atoms with Gasteiger partial charge in [-0.15, -0.1) is 0 Å². The molecule has 1 rings (SSSR count). The van der Waals surface area contributed by atoms with E-state index in [0.717, 1.165) is 12.8 Å². The molecule has 0 nitrogen and oxygen atoms in total. The van der Waals surface area contributed by atoms with Crippen molar-refractivity contribution < 1.29 is 0 Å². The van der Waals surface area contributed by atoms with E-state index >= 15 is 0 Å². The number of hydrogen-bond donors (Lipinski definition) is 0. The van der Waals surface area contributed by atoms with Gasteiger partial charge in [-0.2, -0.15) is 0 Å². The molecule has 0 spiro atoms. The van der Waals surface area contributed by atoms with Crippen molar-refractivity contribution >= 4 is 5.57 Å². The van der Waals surface area contributed by atoms with Crippen LogP contribution in [-0.2, 0) is 0 Å². The van der Waals surface area contributed by atoms with Gasteiger partial charge in [0.05, 0.1) is 0 Å². The van der Waals surface area contributed by atoms with Crippen LogP contribution in [0.25, 0.3) is 5.57 Å². The highest BCUT2D eigenvalue weighted by Crippen LogP contribution is 2.25. The van der Waals surface area contributed by atoms with Crippen LogP contribution in [0.4, 0.5) is 0 Å². The lowest BCUT2D eigenvalue weighted by Gasteiger charge is -2.10. The zero-order valence-electron chi connectivity index (χ0n) is 10.5. The molecule has 1 aromatic carbocycles. The average Bonchev–Trinajstić information content (AvgIpc) is 2.35. The molecule has 0 amide bonds. The molecule has 0 aliphatic carbocycles. The first-order valence-electron chi connectivity index (χ1n) is 6.23. The summed E-state index contributed by atoms with van der Waals surface area (Å²) in [6.45, 7) is 8.66. The standard InChI is InChI=1S/C16H22/c1-4-6-11-15(10-5-2)14(3)16-12-8-7-9-13-16/h7-9,11-13H,3-6,10H2,1-2H3/b15-11+. The van der Waals surface area contributed by atoms with Crippen molar-refractivity contribution in [2.24, 2.45) is 0 Å². The predicted molar refractivity (Wildman–Crippen MR) is 73.4 cm³/mol. The van der Waals surface area contributed by atoms with E-state index in [-0.39, 0.29) is 0 Å². The van der Waals surface area contributed by atoms with Gasteiger partial charge in [0.1, 0.15) is 0 Å². The third-order valence-corrected chi connectivity index (χ3v) is 2.71. The molecule has 0 N–H and O–H groups in total. The highest BCUT2D eigenvalue weighted by Gasteiger charge is 2.03. The molecule has 0 fully saturated rings. The molecule has 0 heterocycles. The highest BCUT2D eigenvalue weighted by molar-refractivity contribution is 5.77. The van der Waals surface area contributed by atoms with Crippen molar-refractivity contribution in [2.75, 3.05) is 0 Å². The van der Waals surface area contributed by atoms with Crippen LogP contribution in [0.3, 0.4) is 0 Å². The van der Waals surface area contributed by atoms with Crippen LogP contribution in [0.2, 0.25) is 0 Å². The van der Waals surface area contributed by atoms with E-state index in [1.165, 1.54) is 29.6 Å². The lowest BCUT2D eigenvalue weighted by Crippen LogP contribution is -1.89. The van der Waals surface area contributed by atoms with Crippen molar-refractivity contribution in [3.05, 3.63) is 54.1 Å². The zero-order chi connectivity index (χ0) is 11.8. The van der Waals surface area contributed by atoms with Crippen molar-refractivity contribution in [1.29, 1.82) is 0 Å². The van der Waals surface area contributed by atoms with Gasteiger partial charge in [0, 0.05) is 0 Å². The molecule has 0 atom stereocenters. The fourth-order valence-corrected chi connectivity index (χ4v) is 1.79. The van der Waals surface area contributed by atoms with Crippen LogP contribution in [0.15, 0.2) is 48.6 Å². The van der Waals surface area contributed by atoms with Gasteiger partial charge in [-0.3, -0.25) is 0 Å². The van der Waals surface area contributed by atoms with Crippen LogP contribution in [-0.4, -0.2) is 0 Å². The predicted octanol–water partition coefficient (Wildman–Crippen LogP) is 5.23. The largest absolute Gasteiger partial charge is 0.0909 e. The van der Waals surface area contributed by atoms with E-state index < -0.39 is 0 Å². The lowest BCUT2D eigenvalue weighted by molar-refractivity contribution is 0.898. The molecule has 16 heavy (non-hydrogen) atoms. The summed E-state index contributed by atoms with van der Waals surface area (Å²) >= 11 is 0. The molecule has 1 aromatic rings. The van der Waals surface area contributed by atoms with E-state index in [4.69, 9.17) is 0 Å². The number of hydrogen-bond acceptors (Lipinski definition) is 0. The fraction of sp³-hybridized carbons (Fsp3) is 0.375. The Bertz CT molecular complexity index is 344. The quantitative estimate of drug-likeness (QED) is 0.569. The monoisotopic (exact) mass is 214 g/mol. The average molecular weight is 214 g/mol. The Balaban J connectivity index is 2.83. The Morgan fingerprint density at radius 3 is 2.38 bits per heavy atom. The Morgan fingerprint density at radius 2 is 1.81 bits per heavy atom. The summed E-state index contributed by atoms with van der Waals surface area (Å²) < 4.78 is 0. The summed E-state index contributed by atoms with van der Waals surface area (Å²) in [5, 5.41) is 0. The summed E-state index contributed by atoms with van der Waals surface area (Å²) in [5.41, 5.74) is 3.85. The number of benzene rings is 1. The summed E-state index contributed by atoms with van der Waals surface area (Å²) in [6.07, 6.45) is 7.02.